The summed E-state index contributed by atoms with van der Waals surface area (Å²) in [6, 6.07) is 7.51. The van der Waals surface area contributed by atoms with E-state index in [1.54, 1.807) is 6.92 Å². The second-order valence-electron chi connectivity index (χ2n) is 4.22. The lowest BCUT2D eigenvalue weighted by atomic mass is 10.2. The summed E-state index contributed by atoms with van der Waals surface area (Å²) in [5, 5.41) is 2.85. The third-order valence-corrected chi connectivity index (χ3v) is 2.70. The second kappa shape index (κ2) is 7.71. The Morgan fingerprint density at radius 2 is 2.17 bits per heavy atom. The molecule has 0 aliphatic heterocycles. The molecule has 0 spiro atoms. The van der Waals surface area contributed by atoms with E-state index < -0.39 is 6.10 Å². The molecule has 0 saturated heterocycles. The van der Waals surface area contributed by atoms with Crippen LogP contribution in [0.1, 0.15) is 32.3 Å². The number of para-hydroxylation sites is 1. The number of benzene rings is 1. The molecule has 1 aromatic carbocycles. The van der Waals surface area contributed by atoms with Crippen LogP contribution in [0.2, 0.25) is 0 Å². The number of rotatable bonds is 7. The molecule has 0 heterocycles. The lowest BCUT2D eigenvalue weighted by Crippen LogP contribution is -2.37. The normalized spacial score (nSPS) is 11.9. The maximum atomic E-state index is 11.8. The lowest BCUT2D eigenvalue weighted by Gasteiger charge is -2.16. The highest BCUT2D eigenvalue weighted by molar-refractivity contribution is 5.80. The number of nitrogens with one attached hydrogen (secondary N) is 1. The standard InChI is InChI=1S/C14H22N2O2/c1-3-4-9-16-14(17)11(2)18-13-8-6-5-7-12(13)10-15/h5-8,11H,3-4,9-10,15H2,1-2H3,(H,16,17). The summed E-state index contributed by atoms with van der Waals surface area (Å²) < 4.78 is 5.64. The summed E-state index contributed by atoms with van der Waals surface area (Å²) in [7, 11) is 0. The van der Waals surface area contributed by atoms with Crippen LogP contribution in [0.4, 0.5) is 0 Å². The van der Waals surface area contributed by atoms with Crippen molar-refractivity contribution in [2.45, 2.75) is 39.3 Å². The molecule has 4 nitrogen and oxygen atoms in total. The highest BCUT2D eigenvalue weighted by Gasteiger charge is 2.15. The van der Waals surface area contributed by atoms with Gasteiger partial charge in [-0.15, -0.1) is 0 Å². The van der Waals surface area contributed by atoms with Gasteiger partial charge in [-0.1, -0.05) is 31.5 Å². The third-order valence-electron chi connectivity index (χ3n) is 2.70. The van der Waals surface area contributed by atoms with Gasteiger partial charge in [0.15, 0.2) is 6.10 Å². The van der Waals surface area contributed by atoms with Crippen LogP contribution in [0, 0.1) is 0 Å². The number of carbonyl (C=O) groups is 1. The summed E-state index contributed by atoms with van der Waals surface area (Å²) in [5.74, 6) is 0.591. The van der Waals surface area contributed by atoms with Gasteiger partial charge in [0.05, 0.1) is 0 Å². The maximum Gasteiger partial charge on any atom is 0.260 e. The maximum absolute atomic E-state index is 11.8. The Kier molecular flexibility index (Phi) is 6.22. The van der Waals surface area contributed by atoms with E-state index in [0.29, 0.717) is 18.8 Å². The summed E-state index contributed by atoms with van der Waals surface area (Å²) >= 11 is 0. The average Bonchev–Trinajstić information content (AvgIpc) is 2.39. The van der Waals surface area contributed by atoms with Gasteiger partial charge in [-0.25, -0.2) is 0 Å². The first-order valence-electron chi connectivity index (χ1n) is 6.41. The topological polar surface area (TPSA) is 64.3 Å². The molecular weight excluding hydrogens is 228 g/mol. The van der Waals surface area contributed by atoms with E-state index in [0.717, 1.165) is 18.4 Å². The monoisotopic (exact) mass is 250 g/mol. The first-order chi connectivity index (χ1) is 8.69. The first kappa shape index (κ1) is 14.5. The highest BCUT2D eigenvalue weighted by Crippen LogP contribution is 2.18. The Morgan fingerprint density at radius 1 is 1.44 bits per heavy atom. The molecule has 0 aromatic heterocycles. The molecule has 1 unspecified atom stereocenters. The minimum Gasteiger partial charge on any atom is -0.481 e. The van der Waals surface area contributed by atoms with Crippen molar-refractivity contribution in [3.05, 3.63) is 29.8 Å². The SMILES string of the molecule is CCCCNC(=O)C(C)Oc1ccccc1CN. The van der Waals surface area contributed by atoms with Crippen molar-refractivity contribution in [1.29, 1.82) is 0 Å². The molecule has 1 amide bonds. The predicted molar refractivity (Wildman–Crippen MR) is 72.3 cm³/mol. The molecule has 1 atom stereocenters. The van der Waals surface area contributed by atoms with E-state index in [4.69, 9.17) is 10.5 Å². The molecule has 0 fully saturated rings. The van der Waals surface area contributed by atoms with Crippen molar-refractivity contribution in [1.82, 2.24) is 5.32 Å². The highest BCUT2D eigenvalue weighted by atomic mass is 16.5. The largest absolute Gasteiger partial charge is 0.481 e. The average molecular weight is 250 g/mol. The minimum atomic E-state index is -0.505. The van der Waals surface area contributed by atoms with Crippen molar-refractivity contribution in [2.75, 3.05) is 6.54 Å². The Bertz CT molecular complexity index is 380. The Balaban J connectivity index is 2.52. The van der Waals surface area contributed by atoms with Crippen molar-refractivity contribution in [3.63, 3.8) is 0 Å². The van der Waals surface area contributed by atoms with Crippen LogP contribution in [0.15, 0.2) is 24.3 Å². The summed E-state index contributed by atoms with van der Waals surface area (Å²) in [4.78, 5) is 11.8. The molecule has 1 aromatic rings. The van der Waals surface area contributed by atoms with Crippen LogP contribution >= 0.6 is 0 Å². The third kappa shape index (κ3) is 4.37. The fourth-order valence-electron chi connectivity index (χ4n) is 1.56. The zero-order chi connectivity index (χ0) is 13.4. The van der Waals surface area contributed by atoms with E-state index >= 15 is 0 Å². The molecule has 0 saturated carbocycles. The first-order valence-corrected chi connectivity index (χ1v) is 6.41. The van der Waals surface area contributed by atoms with Crippen LogP contribution < -0.4 is 15.8 Å². The van der Waals surface area contributed by atoms with Crippen LogP contribution in [-0.4, -0.2) is 18.6 Å². The van der Waals surface area contributed by atoms with E-state index in [-0.39, 0.29) is 5.91 Å². The van der Waals surface area contributed by atoms with Gasteiger partial charge in [0, 0.05) is 18.7 Å². The van der Waals surface area contributed by atoms with Crippen molar-refractivity contribution < 1.29 is 9.53 Å². The van der Waals surface area contributed by atoms with Crippen LogP contribution in [0.3, 0.4) is 0 Å². The zero-order valence-electron chi connectivity index (χ0n) is 11.1. The Hall–Kier alpha value is -1.55. The van der Waals surface area contributed by atoms with Gasteiger partial charge >= 0.3 is 0 Å². The Morgan fingerprint density at radius 3 is 2.83 bits per heavy atom. The summed E-state index contributed by atoms with van der Waals surface area (Å²) in [6.07, 6.45) is 1.54. The molecule has 100 valence electrons. The van der Waals surface area contributed by atoms with Gasteiger partial charge in [0.2, 0.25) is 0 Å². The molecular formula is C14H22N2O2. The van der Waals surface area contributed by atoms with Gasteiger partial charge in [0.25, 0.3) is 5.91 Å². The van der Waals surface area contributed by atoms with E-state index in [2.05, 4.69) is 12.2 Å². The van der Waals surface area contributed by atoms with Crippen LogP contribution in [-0.2, 0) is 11.3 Å². The van der Waals surface area contributed by atoms with E-state index in [1.807, 2.05) is 24.3 Å². The molecule has 0 bridgehead atoms. The molecule has 0 aliphatic carbocycles. The predicted octanol–water partition coefficient (Wildman–Crippen LogP) is 1.83. The molecule has 3 N–H and O–H groups in total. The number of carbonyl (C=O) groups excluding carboxylic acids is 1. The number of unbranched alkanes of at least 4 members (excludes halogenated alkanes) is 1. The Labute approximate surface area is 109 Å². The second-order valence-corrected chi connectivity index (χ2v) is 4.22. The fraction of sp³-hybridized carbons (Fsp3) is 0.500. The number of hydrogen-bond acceptors (Lipinski definition) is 3. The van der Waals surface area contributed by atoms with Gasteiger partial charge in [-0.2, -0.15) is 0 Å². The number of amides is 1. The van der Waals surface area contributed by atoms with Gasteiger partial charge in [-0.05, 0) is 19.4 Å². The summed E-state index contributed by atoms with van der Waals surface area (Å²) in [6.45, 7) is 4.93. The number of hydrogen-bond donors (Lipinski definition) is 2. The number of ether oxygens (including phenoxy) is 1. The van der Waals surface area contributed by atoms with Crippen molar-refractivity contribution >= 4 is 5.91 Å². The molecule has 0 radical (unpaired) electrons. The molecule has 1 rings (SSSR count). The smallest absolute Gasteiger partial charge is 0.260 e. The van der Waals surface area contributed by atoms with Gasteiger partial charge < -0.3 is 15.8 Å². The van der Waals surface area contributed by atoms with E-state index in [9.17, 15) is 4.79 Å². The van der Waals surface area contributed by atoms with Gasteiger partial charge in [0.1, 0.15) is 5.75 Å². The minimum absolute atomic E-state index is 0.0877. The summed E-state index contributed by atoms with van der Waals surface area (Å²) in [5.41, 5.74) is 6.53. The van der Waals surface area contributed by atoms with Crippen LogP contribution in [0.25, 0.3) is 0 Å². The van der Waals surface area contributed by atoms with Crippen LogP contribution in [0.5, 0.6) is 5.75 Å². The molecule has 0 aliphatic rings. The van der Waals surface area contributed by atoms with Crippen molar-refractivity contribution in [2.24, 2.45) is 5.73 Å². The van der Waals surface area contributed by atoms with Crippen molar-refractivity contribution in [3.8, 4) is 5.75 Å². The van der Waals surface area contributed by atoms with Gasteiger partial charge in [-0.3, -0.25) is 4.79 Å². The quantitative estimate of drug-likeness (QED) is 0.726. The zero-order valence-corrected chi connectivity index (χ0v) is 11.1. The lowest BCUT2D eigenvalue weighted by molar-refractivity contribution is -0.127. The molecule has 18 heavy (non-hydrogen) atoms. The fourth-order valence-corrected chi connectivity index (χ4v) is 1.56. The number of nitrogens with two attached hydrogens (primary N) is 1. The molecule has 4 heteroatoms. The van der Waals surface area contributed by atoms with E-state index in [1.165, 1.54) is 0 Å².